The molecular formula is C11H13N5O13P3S-3. The normalized spacial score (nSPS) is 30.5. The van der Waals surface area contributed by atoms with Crippen LogP contribution in [-0.4, -0.2) is 56.1 Å². The van der Waals surface area contributed by atoms with Crippen LogP contribution in [0.15, 0.2) is 6.33 Å². The maximum atomic E-state index is 11.8. The van der Waals surface area contributed by atoms with Crippen LogP contribution in [0.4, 0.5) is 5.95 Å². The molecule has 2 aromatic heterocycles. The third kappa shape index (κ3) is 5.58. The molecular weight excluding hydrogens is 535 g/mol. The Morgan fingerprint density at radius 1 is 1.24 bits per heavy atom. The van der Waals surface area contributed by atoms with E-state index in [4.69, 9.17) is 37.1 Å². The summed E-state index contributed by atoms with van der Waals surface area (Å²) in [4.78, 5) is 52.8. The molecule has 0 aliphatic carbocycles. The Hall–Kier alpha value is -1.14. The third-order valence-corrected chi connectivity index (χ3v) is 8.32. The monoisotopic (exact) mass is 548 g/mol. The summed E-state index contributed by atoms with van der Waals surface area (Å²) in [7, 11) is -17.6. The molecule has 2 saturated heterocycles. The number of hydrogen-bond acceptors (Lipinski definition) is 16. The number of H-pyrrole nitrogens is 1. The van der Waals surface area contributed by atoms with Crippen LogP contribution >= 0.6 is 35.7 Å². The molecule has 18 nitrogen and oxygen atoms in total. The standard InChI is InChI=1S/C11H16N5O13P3S/c12-11-14-8-5(9(33)15-11)13-2-16(8)10-7-6(24-3-25-7)4(27-10)1-26-31(20,21)29-32(22,23)28-30(17,18)19/h2,4,6-7,10H,1,3H2,(H,20,21)(H,22,23)(H2,17,18,19)(H3,12,14,15,33)/p-3. The number of hydrogen-bond donors (Lipinski definition) is 3. The van der Waals surface area contributed by atoms with Gasteiger partial charge in [0, 0.05) is 0 Å². The van der Waals surface area contributed by atoms with Gasteiger partial charge in [-0.1, -0.05) is 12.2 Å². The fourth-order valence-electron chi connectivity index (χ4n) is 3.24. The average molecular weight is 548 g/mol. The van der Waals surface area contributed by atoms with Crippen LogP contribution in [0.25, 0.3) is 11.2 Å². The zero-order valence-electron chi connectivity index (χ0n) is 15.8. The molecule has 0 aromatic carbocycles. The van der Waals surface area contributed by atoms with Gasteiger partial charge in [0.15, 0.2) is 16.8 Å². The molecule has 0 amide bonds. The second-order valence-corrected chi connectivity index (χ2v) is 11.2. The average Bonchev–Trinajstić information content (AvgIpc) is 3.31. The van der Waals surface area contributed by atoms with E-state index in [0.29, 0.717) is 11.2 Å². The van der Waals surface area contributed by atoms with E-state index >= 15 is 0 Å². The summed E-state index contributed by atoms with van der Waals surface area (Å²) < 4.78 is 63.2. The van der Waals surface area contributed by atoms with Crippen molar-refractivity contribution in [2.75, 3.05) is 19.1 Å². The van der Waals surface area contributed by atoms with Crippen LogP contribution in [-0.2, 0) is 41.1 Å². The number of nitrogens with zero attached hydrogens (tertiary/aromatic N) is 3. The SMILES string of the molecule is Nc1nc(=S)c2ncn(C3OC(COP(=O)([O-])OP(=O)([O-])OP(=O)([O-])O)C4OCOC43)c2[nH]1. The summed E-state index contributed by atoms with van der Waals surface area (Å²) in [6, 6.07) is 0. The molecule has 0 radical (unpaired) electrons. The van der Waals surface area contributed by atoms with E-state index in [1.165, 1.54) is 10.9 Å². The summed E-state index contributed by atoms with van der Waals surface area (Å²) in [5.41, 5.74) is 6.33. The fraction of sp³-hybridized carbons (Fsp3) is 0.545. The zero-order chi connectivity index (χ0) is 24.2. The minimum atomic E-state index is -6.02. The van der Waals surface area contributed by atoms with Crippen LogP contribution < -0.4 is 20.4 Å². The summed E-state index contributed by atoms with van der Waals surface area (Å²) in [5, 5.41) is 0. The van der Waals surface area contributed by atoms with Gasteiger partial charge in [-0.05, 0) is 0 Å². The number of nitrogen functional groups attached to an aromatic ring is 1. The lowest BCUT2D eigenvalue weighted by molar-refractivity contribution is -0.250. The van der Waals surface area contributed by atoms with Crippen molar-refractivity contribution in [2.24, 2.45) is 0 Å². The topological polar surface area (TPSA) is 269 Å². The number of phosphoric ester groups is 1. The lowest BCUT2D eigenvalue weighted by Crippen LogP contribution is -2.32. The van der Waals surface area contributed by atoms with Crippen molar-refractivity contribution < 1.29 is 60.6 Å². The molecule has 7 unspecified atom stereocenters. The molecule has 0 spiro atoms. The van der Waals surface area contributed by atoms with E-state index in [1.54, 1.807) is 0 Å². The Morgan fingerprint density at radius 2 is 1.94 bits per heavy atom. The summed E-state index contributed by atoms with van der Waals surface area (Å²) in [6.45, 7) is -0.981. The smallest absolute Gasteiger partial charge is 0.280 e. The minimum Gasteiger partial charge on any atom is -0.756 e. The number of phosphoric acid groups is 3. The van der Waals surface area contributed by atoms with Crippen molar-refractivity contribution in [1.82, 2.24) is 19.5 Å². The molecule has 4 N–H and O–H groups in total. The van der Waals surface area contributed by atoms with Gasteiger partial charge in [-0.3, -0.25) is 18.3 Å². The molecule has 0 saturated carbocycles. The largest absolute Gasteiger partial charge is 0.756 e. The van der Waals surface area contributed by atoms with E-state index in [2.05, 4.69) is 28.1 Å². The zero-order valence-corrected chi connectivity index (χ0v) is 19.3. The highest BCUT2D eigenvalue weighted by Crippen LogP contribution is 2.61. The van der Waals surface area contributed by atoms with Crippen molar-refractivity contribution in [1.29, 1.82) is 0 Å². The number of anilines is 1. The number of rotatable bonds is 8. The Morgan fingerprint density at radius 3 is 2.64 bits per heavy atom. The highest BCUT2D eigenvalue weighted by molar-refractivity contribution is 7.71. The maximum Gasteiger partial charge on any atom is 0.280 e. The lowest BCUT2D eigenvalue weighted by atomic mass is 10.1. The number of aromatic nitrogens is 4. The first-order chi connectivity index (χ1) is 15.2. The van der Waals surface area contributed by atoms with Crippen LogP contribution in [0.1, 0.15) is 6.23 Å². The predicted octanol–water partition coefficient (Wildman–Crippen LogP) is -1.84. The first kappa shape index (κ1) is 25.0. The van der Waals surface area contributed by atoms with Crippen LogP contribution in [0.3, 0.4) is 0 Å². The molecule has 2 aromatic rings. The number of aromatic amines is 1. The summed E-state index contributed by atoms with van der Waals surface area (Å²) in [5.74, 6) is 0.00600. The predicted molar refractivity (Wildman–Crippen MR) is 98.8 cm³/mol. The van der Waals surface area contributed by atoms with Gasteiger partial charge >= 0.3 is 0 Å². The quantitative estimate of drug-likeness (QED) is 0.241. The van der Waals surface area contributed by atoms with Gasteiger partial charge < -0.3 is 49.0 Å². The Kier molecular flexibility index (Phi) is 6.67. The molecule has 33 heavy (non-hydrogen) atoms. The van der Waals surface area contributed by atoms with Crippen LogP contribution in [0.5, 0.6) is 0 Å². The maximum absolute atomic E-state index is 11.8. The molecule has 22 heteroatoms. The first-order valence-electron chi connectivity index (χ1n) is 8.59. The second kappa shape index (κ2) is 8.82. The van der Waals surface area contributed by atoms with E-state index in [9.17, 15) is 28.4 Å². The van der Waals surface area contributed by atoms with Crippen molar-refractivity contribution >= 4 is 52.8 Å². The first-order valence-corrected chi connectivity index (χ1v) is 13.4. The highest BCUT2D eigenvalue weighted by atomic mass is 32.1. The number of imidazole rings is 1. The minimum absolute atomic E-state index is 0.00600. The summed E-state index contributed by atoms with van der Waals surface area (Å²) in [6.07, 6.45) is -2.32. The van der Waals surface area contributed by atoms with Gasteiger partial charge in [0.1, 0.15) is 36.3 Å². The molecule has 2 fully saturated rings. The van der Waals surface area contributed by atoms with Gasteiger partial charge in [-0.2, -0.15) is 0 Å². The number of nitrogens with one attached hydrogen (secondary N) is 1. The van der Waals surface area contributed by atoms with Gasteiger partial charge in [0.2, 0.25) is 0 Å². The van der Waals surface area contributed by atoms with Crippen molar-refractivity contribution in [2.45, 2.75) is 24.5 Å². The number of ether oxygens (including phenoxy) is 3. The molecule has 7 atom stereocenters. The Bertz CT molecular complexity index is 1260. The van der Waals surface area contributed by atoms with Crippen molar-refractivity contribution in [3.05, 3.63) is 11.0 Å². The number of fused-ring (bicyclic) bond motifs is 2. The summed E-state index contributed by atoms with van der Waals surface area (Å²) >= 11 is 5.11. The van der Waals surface area contributed by atoms with Crippen LogP contribution in [0, 0.1) is 4.64 Å². The second-order valence-electron chi connectivity index (χ2n) is 6.54. The molecule has 2 aliphatic rings. The van der Waals surface area contributed by atoms with Gasteiger partial charge in [0.05, 0.1) is 12.9 Å². The highest BCUT2D eigenvalue weighted by Gasteiger charge is 2.51. The van der Waals surface area contributed by atoms with Crippen molar-refractivity contribution in [3.8, 4) is 0 Å². The third-order valence-electron chi connectivity index (χ3n) is 4.35. The molecule has 184 valence electrons. The van der Waals surface area contributed by atoms with Gasteiger partial charge in [-0.25, -0.2) is 18.6 Å². The fourth-order valence-corrected chi connectivity index (χ4v) is 6.38. The molecule has 0 bridgehead atoms. The van der Waals surface area contributed by atoms with E-state index < -0.39 is 54.6 Å². The molecule has 4 heterocycles. The molecule has 4 rings (SSSR count). The Labute approximate surface area is 188 Å². The van der Waals surface area contributed by atoms with Crippen molar-refractivity contribution in [3.63, 3.8) is 0 Å². The molecule has 2 aliphatic heterocycles. The lowest BCUT2D eigenvalue weighted by Gasteiger charge is -2.33. The van der Waals surface area contributed by atoms with Crippen LogP contribution in [0.2, 0.25) is 0 Å². The Balaban J connectivity index is 1.50. The van der Waals surface area contributed by atoms with Gasteiger partial charge in [-0.15, -0.1) is 0 Å². The van der Waals surface area contributed by atoms with Gasteiger partial charge in [0.25, 0.3) is 23.5 Å². The van der Waals surface area contributed by atoms with E-state index in [0.717, 1.165) is 0 Å². The van der Waals surface area contributed by atoms with E-state index in [1.807, 2.05) is 0 Å². The van der Waals surface area contributed by atoms with E-state index in [-0.39, 0.29) is 17.4 Å². The number of nitrogens with two attached hydrogens (primary N) is 1.